The summed E-state index contributed by atoms with van der Waals surface area (Å²) in [5.74, 6) is 0.841. The number of rotatable bonds is 8. The zero-order valence-corrected chi connectivity index (χ0v) is 16.1. The molecule has 1 aromatic rings. The fourth-order valence-electron chi connectivity index (χ4n) is 3.14. The second-order valence-corrected chi connectivity index (χ2v) is 7.25. The normalized spacial score (nSPS) is 16.7. The topological polar surface area (TPSA) is 48.9 Å². The largest absolute Gasteiger partial charge is 0.375 e. The van der Waals surface area contributed by atoms with Gasteiger partial charge in [0.15, 0.2) is 5.96 Å². The number of hydrogen-bond acceptors (Lipinski definition) is 3. The van der Waals surface area contributed by atoms with Crippen LogP contribution in [0.2, 0.25) is 0 Å². The van der Waals surface area contributed by atoms with Crippen LogP contribution in [0.5, 0.6) is 0 Å². The van der Waals surface area contributed by atoms with E-state index in [1.54, 1.807) is 0 Å². The molecule has 0 atom stereocenters. The van der Waals surface area contributed by atoms with Crippen molar-refractivity contribution in [3.63, 3.8) is 0 Å². The van der Waals surface area contributed by atoms with E-state index in [4.69, 9.17) is 4.74 Å². The van der Waals surface area contributed by atoms with Crippen LogP contribution < -0.4 is 10.6 Å². The molecule has 140 valence electrons. The average Bonchev–Trinajstić information content (AvgIpc) is 2.65. The lowest BCUT2D eigenvalue weighted by molar-refractivity contribution is 0.0980. The molecular weight excluding hydrogens is 312 g/mol. The minimum absolute atomic E-state index is 0.141. The maximum Gasteiger partial charge on any atom is 0.191 e. The number of nitrogens with one attached hydrogen (secondary N) is 2. The van der Waals surface area contributed by atoms with Gasteiger partial charge in [0.2, 0.25) is 0 Å². The van der Waals surface area contributed by atoms with Crippen molar-refractivity contribution in [2.45, 2.75) is 45.3 Å². The number of nitrogens with zero attached hydrogens (tertiary/aromatic N) is 2. The Morgan fingerprint density at radius 2 is 1.84 bits per heavy atom. The summed E-state index contributed by atoms with van der Waals surface area (Å²) in [5, 5.41) is 6.78. The molecule has 5 heteroatoms. The SMILES string of the molecule is CN=C(NCCOCc1ccccc1)NCC(C)(C)N1CCCCC1. The van der Waals surface area contributed by atoms with Crippen LogP contribution in [0.15, 0.2) is 35.3 Å². The Morgan fingerprint density at radius 3 is 2.52 bits per heavy atom. The van der Waals surface area contributed by atoms with Gasteiger partial charge in [-0.05, 0) is 45.3 Å². The van der Waals surface area contributed by atoms with E-state index in [0.29, 0.717) is 13.2 Å². The van der Waals surface area contributed by atoms with E-state index in [0.717, 1.165) is 19.0 Å². The van der Waals surface area contributed by atoms with E-state index in [1.807, 2.05) is 25.2 Å². The summed E-state index contributed by atoms with van der Waals surface area (Å²) < 4.78 is 5.70. The maximum absolute atomic E-state index is 5.70. The van der Waals surface area contributed by atoms with Crippen LogP contribution >= 0.6 is 0 Å². The van der Waals surface area contributed by atoms with Crippen LogP contribution in [0.3, 0.4) is 0 Å². The lowest BCUT2D eigenvalue weighted by Crippen LogP contribution is -2.55. The summed E-state index contributed by atoms with van der Waals surface area (Å²) in [6, 6.07) is 10.2. The van der Waals surface area contributed by atoms with E-state index in [-0.39, 0.29) is 5.54 Å². The van der Waals surface area contributed by atoms with Crippen LogP contribution in [0.1, 0.15) is 38.7 Å². The Kier molecular flexibility index (Phi) is 8.22. The molecule has 0 amide bonds. The highest BCUT2D eigenvalue weighted by atomic mass is 16.5. The van der Waals surface area contributed by atoms with Crippen molar-refractivity contribution in [3.05, 3.63) is 35.9 Å². The molecule has 1 heterocycles. The van der Waals surface area contributed by atoms with Crippen molar-refractivity contribution in [1.29, 1.82) is 0 Å². The molecule has 2 N–H and O–H groups in total. The molecule has 5 nitrogen and oxygen atoms in total. The van der Waals surface area contributed by atoms with Crippen LogP contribution in [0, 0.1) is 0 Å². The number of benzene rings is 1. The van der Waals surface area contributed by atoms with Gasteiger partial charge in [-0.25, -0.2) is 0 Å². The van der Waals surface area contributed by atoms with Crippen LogP contribution in [0.25, 0.3) is 0 Å². The Balaban J connectivity index is 1.63. The minimum atomic E-state index is 0.141. The highest BCUT2D eigenvalue weighted by Crippen LogP contribution is 2.19. The van der Waals surface area contributed by atoms with E-state index < -0.39 is 0 Å². The average molecular weight is 347 g/mol. The zero-order chi connectivity index (χ0) is 18.0. The molecule has 1 aliphatic rings. The molecule has 0 spiro atoms. The van der Waals surface area contributed by atoms with E-state index in [9.17, 15) is 0 Å². The molecule has 0 aliphatic carbocycles. The number of aliphatic imine (C=N–C) groups is 1. The monoisotopic (exact) mass is 346 g/mol. The second kappa shape index (κ2) is 10.4. The smallest absolute Gasteiger partial charge is 0.191 e. The zero-order valence-electron chi connectivity index (χ0n) is 16.1. The van der Waals surface area contributed by atoms with Gasteiger partial charge in [-0.1, -0.05) is 36.8 Å². The van der Waals surface area contributed by atoms with Gasteiger partial charge in [-0.15, -0.1) is 0 Å². The van der Waals surface area contributed by atoms with Crippen LogP contribution in [-0.2, 0) is 11.3 Å². The first kappa shape index (κ1) is 19.7. The number of piperidine rings is 1. The van der Waals surface area contributed by atoms with Crippen molar-refractivity contribution in [2.24, 2.45) is 4.99 Å². The molecule has 0 unspecified atom stereocenters. The van der Waals surface area contributed by atoms with Crippen molar-refractivity contribution < 1.29 is 4.74 Å². The minimum Gasteiger partial charge on any atom is -0.375 e. The number of guanidine groups is 1. The summed E-state index contributed by atoms with van der Waals surface area (Å²) in [6.07, 6.45) is 4.00. The van der Waals surface area contributed by atoms with E-state index in [2.05, 4.69) is 46.5 Å². The van der Waals surface area contributed by atoms with Crippen LogP contribution in [0.4, 0.5) is 0 Å². The summed E-state index contributed by atoms with van der Waals surface area (Å²) in [7, 11) is 1.81. The molecule has 1 aromatic carbocycles. The van der Waals surface area contributed by atoms with Crippen molar-refractivity contribution in [1.82, 2.24) is 15.5 Å². The van der Waals surface area contributed by atoms with Crippen molar-refractivity contribution in [2.75, 3.05) is 39.8 Å². The lowest BCUT2D eigenvalue weighted by Gasteiger charge is -2.41. The Labute approximate surface area is 152 Å². The molecule has 2 rings (SSSR count). The van der Waals surface area contributed by atoms with Gasteiger partial charge in [-0.2, -0.15) is 0 Å². The molecule has 1 fully saturated rings. The first-order valence-electron chi connectivity index (χ1n) is 9.43. The fraction of sp³-hybridized carbons (Fsp3) is 0.650. The standard InChI is InChI=1S/C20H34N4O/c1-20(2,24-13-8-5-9-14-24)17-23-19(21-3)22-12-15-25-16-18-10-6-4-7-11-18/h4,6-7,10-11H,5,8-9,12-17H2,1-3H3,(H2,21,22,23). The highest BCUT2D eigenvalue weighted by molar-refractivity contribution is 5.79. The summed E-state index contributed by atoms with van der Waals surface area (Å²) in [6.45, 7) is 9.96. The summed E-state index contributed by atoms with van der Waals surface area (Å²) >= 11 is 0. The number of hydrogen-bond donors (Lipinski definition) is 2. The van der Waals surface area contributed by atoms with Gasteiger partial charge in [0, 0.05) is 25.7 Å². The highest BCUT2D eigenvalue weighted by Gasteiger charge is 2.27. The Bertz CT molecular complexity index is 510. The van der Waals surface area contributed by atoms with Gasteiger partial charge >= 0.3 is 0 Å². The molecule has 0 aromatic heterocycles. The van der Waals surface area contributed by atoms with Crippen LogP contribution in [-0.4, -0.2) is 56.2 Å². The van der Waals surface area contributed by atoms with Gasteiger partial charge in [0.25, 0.3) is 0 Å². The number of likely N-dealkylation sites (tertiary alicyclic amines) is 1. The molecule has 1 saturated heterocycles. The van der Waals surface area contributed by atoms with Crippen molar-refractivity contribution >= 4 is 5.96 Å². The third-order valence-corrected chi connectivity index (χ3v) is 4.77. The predicted molar refractivity (Wildman–Crippen MR) is 105 cm³/mol. The van der Waals surface area contributed by atoms with Gasteiger partial charge in [0.1, 0.15) is 0 Å². The van der Waals surface area contributed by atoms with Gasteiger partial charge in [-0.3, -0.25) is 9.89 Å². The van der Waals surface area contributed by atoms with Crippen molar-refractivity contribution in [3.8, 4) is 0 Å². The maximum atomic E-state index is 5.70. The predicted octanol–water partition coefficient (Wildman–Crippen LogP) is 2.63. The molecule has 0 radical (unpaired) electrons. The third kappa shape index (κ3) is 7.04. The van der Waals surface area contributed by atoms with Gasteiger partial charge in [0.05, 0.1) is 13.2 Å². The van der Waals surface area contributed by atoms with E-state index in [1.165, 1.54) is 37.9 Å². The van der Waals surface area contributed by atoms with E-state index >= 15 is 0 Å². The second-order valence-electron chi connectivity index (χ2n) is 7.25. The Morgan fingerprint density at radius 1 is 1.12 bits per heavy atom. The fourth-order valence-corrected chi connectivity index (χ4v) is 3.14. The molecule has 25 heavy (non-hydrogen) atoms. The van der Waals surface area contributed by atoms with Gasteiger partial charge < -0.3 is 15.4 Å². The first-order valence-corrected chi connectivity index (χ1v) is 9.43. The first-order chi connectivity index (χ1) is 12.1. The summed E-state index contributed by atoms with van der Waals surface area (Å²) in [5.41, 5.74) is 1.34. The Hall–Kier alpha value is -1.59. The molecule has 0 bridgehead atoms. The molecular formula is C20H34N4O. The lowest BCUT2D eigenvalue weighted by atomic mass is 9.98. The number of ether oxygens (including phenoxy) is 1. The quantitative estimate of drug-likeness (QED) is 0.432. The molecule has 0 saturated carbocycles. The third-order valence-electron chi connectivity index (χ3n) is 4.77. The molecule has 1 aliphatic heterocycles. The summed E-state index contributed by atoms with van der Waals surface area (Å²) in [4.78, 5) is 6.90.